The van der Waals surface area contributed by atoms with E-state index in [0.717, 1.165) is 26.6 Å². The fourth-order valence-corrected chi connectivity index (χ4v) is 5.28. The van der Waals surface area contributed by atoms with Gasteiger partial charge in [0.15, 0.2) is 0 Å². The van der Waals surface area contributed by atoms with E-state index in [1.165, 1.54) is 4.90 Å². The third kappa shape index (κ3) is 3.29. The van der Waals surface area contributed by atoms with E-state index in [1.807, 2.05) is 57.2 Å². The zero-order chi connectivity index (χ0) is 20.8. The monoisotopic (exact) mass is 406 g/mol. The second-order valence-electron chi connectivity index (χ2n) is 7.38. The number of nitrogens with zero attached hydrogens (tertiary/aromatic N) is 2. The summed E-state index contributed by atoms with van der Waals surface area (Å²) in [4.78, 5) is 15.2. The van der Waals surface area contributed by atoms with E-state index in [0.29, 0.717) is 11.4 Å². The largest absolute Gasteiger partial charge is 0.343 e. The van der Waals surface area contributed by atoms with Gasteiger partial charge >= 0.3 is 6.03 Å². The van der Waals surface area contributed by atoms with Gasteiger partial charge in [0.25, 0.3) is 10.0 Å². The summed E-state index contributed by atoms with van der Waals surface area (Å²) in [5, 5.41) is 0. The Kier molecular flexibility index (Phi) is 4.67. The molecule has 0 saturated heterocycles. The summed E-state index contributed by atoms with van der Waals surface area (Å²) >= 11 is 0. The zero-order valence-corrected chi connectivity index (χ0v) is 17.4. The van der Waals surface area contributed by atoms with Crippen LogP contribution in [0.2, 0.25) is 0 Å². The molecule has 148 valence electrons. The van der Waals surface area contributed by atoms with E-state index in [-0.39, 0.29) is 11.4 Å². The molecule has 6 heteroatoms. The lowest BCUT2D eigenvalue weighted by molar-refractivity contribution is 0.253. The van der Waals surface area contributed by atoms with Gasteiger partial charge in [-0.25, -0.2) is 13.2 Å². The number of fused-ring (bicyclic) bond motifs is 1. The second kappa shape index (κ2) is 7.04. The summed E-state index contributed by atoms with van der Waals surface area (Å²) in [7, 11) is -4.02. The highest BCUT2D eigenvalue weighted by Gasteiger charge is 2.42. The Bertz CT molecular complexity index is 1220. The Labute approximate surface area is 171 Å². The molecule has 5 nitrogen and oxygen atoms in total. The molecule has 0 N–H and O–H groups in total. The van der Waals surface area contributed by atoms with Crippen molar-refractivity contribution in [3.63, 3.8) is 0 Å². The molecule has 0 aliphatic carbocycles. The predicted molar refractivity (Wildman–Crippen MR) is 115 cm³/mol. The first-order chi connectivity index (χ1) is 13.8. The average molecular weight is 407 g/mol. The highest BCUT2D eigenvalue weighted by Crippen LogP contribution is 2.39. The van der Waals surface area contributed by atoms with Gasteiger partial charge in [0.05, 0.1) is 17.9 Å². The molecule has 3 aromatic rings. The van der Waals surface area contributed by atoms with Crippen molar-refractivity contribution in [1.82, 2.24) is 0 Å². The van der Waals surface area contributed by atoms with Crippen LogP contribution in [-0.4, -0.2) is 14.4 Å². The molecule has 1 aliphatic heterocycles. The van der Waals surface area contributed by atoms with Gasteiger partial charge in [-0.15, -0.1) is 0 Å². The topological polar surface area (TPSA) is 57.7 Å². The molecule has 0 unspecified atom stereocenters. The lowest BCUT2D eigenvalue weighted by atomic mass is 10.1. The lowest BCUT2D eigenvalue weighted by Gasteiger charge is -2.37. The normalized spacial score (nSPS) is 15.3. The van der Waals surface area contributed by atoms with Crippen LogP contribution >= 0.6 is 0 Å². The summed E-state index contributed by atoms with van der Waals surface area (Å²) in [6.45, 7) is 5.96. The number of para-hydroxylation sites is 1. The van der Waals surface area contributed by atoms with Gasteiger partial charge in [-0.3, -0.25) is 4.90 Å². The van der Waals surface area contributed by atoms with Crippen LogP contribution in [-0.2, 0) is 16.6 Å². The predicted octanol–water partition coefficient (Wildman–Crippen LogP) is 4.95. The second-order valence-corrected chi connectivity index (χ2v) is 9.14. The van der Waals surface area contributed by atoms with Crippen LogP contribution in [0.1, 0.15) is 22.3 Å². The van der Waals surface area contributed by atoms with Crippen molar-refractivity contribution in [2.75, 3.05) is 9.21 Å². The number of anilines is 2. The van der Waals surface area contributed by atoms with Gasteiger partial charge in [0, 0.05) is 0 Å². The number of sulfonamides is 1. The maximum Gasteiger partial charge on any atom is 0.343 e. The zero-order valence-electron chi connectivity index (χ0n) is 16.6. The Hall–Kier alpha value is -3.12. The third-order valence-corrected chi connectivity index (χ3v) is 6.82. The number of carbonyl (C=O) groups is 1. The van der Waals surface area contributed by atoms with Crippen molar-refractivity contribution in [1.29, 1.82) is 0 Å². The fraction of sp³-hybridized carbons (Fsp3) is 0.174. The highest BCUT2D eigenvalue weighted by molar-refractivity contribution is 7.94. The molecule has 0 spiro atoms. The number of urea groups is 1. The number of hydrogen-bond donors (Lipinski definition) is 0. The number of amides is 2. The first-order valence-electron chi connectivity index (χ1n) is 9.38. The molecule has 0 atom stereocenters. The van der Waals surface area contributed by atoms with Crippen LogP contribution in [0.15, 0.2) is 71.6 Å². The summed E-state index contributed by atoms with van der Waals surface area (Å²) in [6, 6.07) is 19.4. The van der Waals surface area contributed by atoms with Crippen LogP contribution in [0, 0.1) is 20.8 Å². The molecule has 0 aromatic heterocycles. The third-order valence-electron chi connectivity index (χ3n) is 5.09. The van der Waals surface area contributed by atoms with Gasteiger partial charge in [0.1, 0.15) is 4.90 Å². The lowest BCUT2D eigenvalue weighted by Crippen LogP contribution is -2.51. The Morgan fingerprint density at radius 2 is 1.52 bits per heavy atom. The van der Waals surface area contributed by atoms with Gasteiger partial charge in [-0.1, -0.05) is 54.1 Å². The molecule has 29 heavy (non-hydrogen) atoms. The molecule has 1 aliphatic rings. The standard InChI is InChI=1S/C23H22N2O3S/c1-16-7-6-8-19(13-16)15-24-20-9-4-5-10-22(20)29(27,28)25(23(24)26)21-14-17(2)11-12-18(21)3/h4-14H,15H2,1-3H3. The summed E-state index contributed by atoms with van der Waals surface area (Å²) in [5.74, 6) is 0. The van der Waals surface area contributed by atoms with Crippen molar-refractivity contribution >= 4 is 27.4 Å². The first-order valence-corrected chi connectivity index (χ1v) is 10.8. The maximum absolute atomic E-state index is 13.5. The van der Waals surface area contributed by atoms with Crippen LogP contribution in [0.5, 0.6) is 0 Å². The van der Waals surface area contributed by atoms with Crippen molar-refractivity contribution in [2.24, 2.45) is 0 Å². The average Bonchev–Trinajstić information content (AvgIpc) is 2.68. The van der Waals surface area contributed by atoms with Gasteiger partial charge in [-0.2, -0.15) is 4.31 Å². The number of hydrogen-bond acceptors (Lipinski definition) is 3. The SMILES string of the molecule is Cc1cccc(CN2C(=O)N(c3cc(C)ccc3C)S(=O)(=O)c3ccccc32)c1. The smallest absolute Gasteiger partial charge is 0.287 e. The molecule has 0 saturated carbocycles. The molecular formula is C23H22N2O3S. The Balaban J connectivity index is 1.90. The number of carbonyl (C=O) groups excluding carboxylic acids is 1. The van der Waals surface area contributed by atoms with Crippen LogP contribution in [0.3, 0.4) is 0 Å². The molecule has 3 aromatic carbocycles. The van der Waals surface area contributed by atoms with E-state index in [2.05, 4.69) is 0 Å². The molecule has 0 fully saturated rings. The minimum Gasteiger partial charge on any atom is -0.287 e. The Morgan fingerprint density at radius 1 is 0.793 bits per heavy atom. The highest BCUT2D eigenvalue weighted by atomic mass is 32.2. The van der Waals surface area contributed by atoms with Gasteiger partial charge in [-0.05, 0) is 55.7 Å². The molecule has 2 amide bonds. The van der Waals surface area contributed by atoms with Crippen LogP contribution in [0.25, 0.3) is 0 Å². The maximum atomic E-state index is 13.5. The van der Waals surface area contributed by atoms with E-state index >= 15 is 0 Å². The van der Waals surface area contributed by atoms with Crippen molar-refractivity contribution in [3.8, 4) is 0 Å². The summed E-state index contributed by atoms with van der Waals surface area (Å²) < 4.78 is 27.8. The Morgan fingerprint density at radius 3 is 2.28 bits per heavy atom. The van der Waals surface area contributed by atoms with Crippen LogP contribution in [0.4, 0.5) is 16.2 Å². The molecule has 1 heterocycles. The van der Waals surface area contributed by atoms with E-state index in [9.17, 15) is 13.2 Å². The van der Waals surface area contributed by atoms with Crippen molar-refractivity contribution in [3.05, 3.63) is 89.0 Å². The summed E-state index contributed by atoms with van der Waals surface area (Å²) in [5.41, 5.74) is 4.42. The fourth-order valence-electron chi connectivity index (χ4n) is 3.63. The molecular weight excluding hydrogens is 384 g/mol. The quantitative estimate of drug-likeness (QED) is 0.619. The minimum atomic E-state index is -4.02. The van der Waals surface area contributed by atoms with Crippen LogP contribution < -0.4 is 9.21 Å². The van der Waals surface area contributed by atoms with E-state index < -0.39 is 16.1 Å². The molecule has 4 rings (SSSR count). The van der Waals surface area contributed by atoms with Crippen molar-refractivity contribution in [2.45, 2.75) is 32.2 Å². The number of benzene rings is 3. The van der Waals surface area contributed by atoms with Gasteiger partial charge < -0.3 is 0 Å². The van der Waals surface area contributed by atoms with Crippen molar-refractivity contribution < 1.29 is 13.2 Å². The number of aryl methyl sites for hydroxylation is 3. The van der Waals surface area contributed by atoms with Gasteiger partial charge in [0.2, 0.25) is 0 Å². The summed E-state index contributed by atoms with van der Waals surface area (Å²) in [6.07, 6.45) is 0. The number of rotatable bonds is 3. The van der Waals surface area contributed by atoms with E-state index in [1.54, 1.807) is 30.3 Å². The molecule has 0 bridgehead atoms. The molecule has 0 radical (unpaired) electrons. The first kappa shape index (κ1) is 19.2. The van der Waals surface area contributed by atoms with E-state index in [4.69, 9.17) is 0 Å². The minimum absolute atomic E-state index is 0.133.